The third kappa shape index (κ3) is 2.92. The number of carbonyl (C=O) groups excluding carboxylic acids is 1. The molecule has 3 rings (SSSR count). The van der Waals surface area contributed by atoms with Gasteiger partial charge in [-0.1, -0.05) is 12.1 Å². The molecule has 0 aliphatic carbocycles. The molecule has 2 saturated heterocycles. The van der Waals surface area contributed by atoms with Crippen LogP contribution in [0.3, 0.4) is 0 Å². The van der Waals surface area contributed by atoms with Gasteiger partial charge < -0.3 is 10.1 Å². The lowest BCUT2D eigenvalue weighted by Gasteiger charge is -2.42. The van der Waals surface area contributed by atoms with Crippen LogP contribution in [0.1, 0.15) is 18.4 Å². The number of nitrogens with one attached hydrogen (secondary N) is 1. The molecule has 4 nitrogen and oxygen atoms in total. The number of alkyl halides is 2. The summed E-state index contributed by atoms with van der Waals surface area (Å²) in [5, 5.41) is 2.70. The molecule has 1 spiro atoms. The molecule has 0 aromatic heterocycles. The molecule has 1 N–H and O–H groups in total. The minimum absolute atomic E-state index is 0.230. The summed E-state index contributed by atoms with van der Waals surface area (Å²) in [6.45, 7) is 0.994. The van der Waals surface area contributed by atoms with Crippen molar-refractivity contribution in [1.82, 2.24) is 10.2 Å². The summed E-state index contributed by atoms with van der Waals surface area (Å²) >= 11 is 0. The first-order valence-corrected chi connectivity index (χ1v) is 7.44. The number of methoxy groups -OCH3 is 1. The highest BCUT2D eigenvalue weighted by molar-refractivity contribution is 5.85. The van der Waals surface area contributed by atoms with E-state index in [1.54, 1.807) is 12.0 Å². The summed E-state index contributed by atoms with van der Waals surface area (Å²) in [5.74, 6) is -2.32. The standard InChI is InChI=1S/C16H20F2N2O2/c1-22-13-4-2-12(3-5-13)8-20-10-15(6-7-19-14(15)21)9-16(17,18)11-20/h2-5H,6-11H2,1H3,(H,19,21)/t15-/m1/s1. The lowest BCUT2D eigenvalue weighted by Crippen LogP contribution is -2.54. The van der Waals surface area contributed by atoms with Crippen LogP contribution in [-0.2, 0) is 11.3 Å². The van der Waals surface area contributed by atoms with Crippen LogP contribution in [0.4, 0.5) is 8.78 Å². The minimum Gasteiger partial charge on any atom is -0.497 e. The van der Waals surface area contributed by atoms with E-state index >= 15 is 0 Å². The highest BCUT2D eigenvalue weighted by Crippen LogP contribution is 2.43. The van der Waals surface area contributed by atoms with Crippen molar-refractivity contribution in [3.05, 3.63) is 29.8 Å². The Hall–Kier alpha value is -1.69. The molecule has 0 bridgehead atoms. The molecule has 2 heterocycles. The Morgan fingerprint density at radius 2 is 2.00 bits per heavy atom. The van der Waals surface area contributed by atoms with Crippen molar-refractivity contribution in [2.45, 2.75) is 25.3 Å². The average molecular weight is 310 g/mol. The second-order valence-electron chi connectivity index (χ2n) is 6.31. The van der Waals surface area contributed by atoms with Gasteiger partial charge in [0.05, 0.1) is 19.1 Å². The van der Waals surface area contributed by atoms with Crippen LogP contribution in [0, 0.1) is 5.41 Å². The molecule has 1 atom stereocenters. The van der Waals surface area contributed by atoms with Crippen LogP contribution in [0.15, 0.2) is 24.3 Å². The molecule has 1 amide bonds. The molecule has 2 fully saturated rings. The number of likely N-dealkylation sites (tertiary alicyclic amines) is 1. The second kappa shape index (κ2) is 5.50. The van der Waals surface area contributed by atoms with Crippen molar-refractivity contribution in [1.29, 1.82) is 0 Å². The second-order valence-corrected chi connectivity index (χ2v) is 6.31. The van der Waals surface area contributed by atoms with E-state index in [0.29, 0.717) is 26.1 Å². The fourth-order valence-corrected chi connectivity index (χ4v) is 3.55. The first-order valence-electron chi connectivity index (χ1n) is 7.44. The van der Waals surface area contributed by atoms with Crippen molar-refractivity contribution in [3.8, 4) is 5.75 Å². The van der Waals surface area contributed by atoms with Crippen LogP contribution in [0.25, 0.3) is 0 Å². The van der Waals surface area contributed by atoms with Crippen molar-refractivity contribution in [3.63, 3.8) is 0 Å². The van der Waals surface area contributed by atoms with Crippen molar-refractivity contribution < 1.29 is 18.3 Å². The molecular weight excluding hydrogens is 290 g/mol. The lowest BCUT2D eigenvalue weighted by atomic mass is 9.77. The van der Waals surface area contributed by atoms with E-state index in [2.05, 4.69) is 5.32 Å². The Morgan fingerprint density at radius 1 is 1.27 bits per heavy atom. The summed E-state index contributed by atoms with van der Waals surface area (Å²) < 4.78 is 33.3. The average Bonchev–Trinajstić information content (AvgIpc) is 2.78. The molecule has 120 valence electrons. The summed E-state index contributed by atoms with van der Waals surface area (Å²) in [7, 11) is 1.59. The Morgan fingerprint density at radius 3 is 2.59 bits per heavy atom. The monoisotopic (exact) mass is 310 g/mol. The third-order valence-electron chi connectivity index (χ3n) is 4.51. The van der Waals surface area contributed by atoms with E-state index in [1.807, 2.05) is 24.3 Å². The maximum Gasteiger partial charge on any atom is 0.261 e. The molecule has 6 heteroatoms. The van der Waals surface area contributed by atoms with Gasteiger partial charge in [0.15, 0.2) is 0 Å². The summed E-state index contributed by atoms with van der Waals surface area (Å²) in [6, 6.07) is 7.37. The van der Waals surface area contributed by atoms with Gasteiger partial charge in [-0.2, -0.15) is 0 Å². The topological polar surface area (TPSA) is 41.6 Å². The highest BCUT2D eigenvalue weighted by Gasteiger charge is 2.54. The molecule has 1 aromatic rings. The molecule has 2 aliphatic heterocycles. The molecule has 0 radical (unpaired) electrons. The first-order chi connectivity index (χ1) is 10.4. The fraction of sp³-hybridized carbons (Fsp3) is 0.562. The number of amides is 1. The SMILES string of the molecule is COc1ccc(CN2CC(F)(F)C[C@]3(CCNC3=O)C2)cc1. The van der Waals surface area contributed by atoms with Gasteiger partial charge in [-0.05, 0) is 24.1 Å². The van der Waals surface area contributed by atoms with Crippen LogP contribution in [0.2, 0.25) is 0 Å². The largest absolute Gasteiger partial charge is 0.497 e. The van der Waals surface area contributed by atoms with Gasteiger partial charge >= 0.3 is 0 Å². The quantitative estimate of drug-likeness (QED) is 0.929. The number of carbonyl (C=O) groups is 1. The number of piperidine rings is 1. The van der Waals surface area contributed by atoms with Gasteiger partial charge in [0.25, 0.3) is 5.92 Å². The fourth-order valence-electron chi connectivity index (χ4n) is 3.55. The number of ether oxygens (including phenoxy) is 1. The Bertz CT molecular complexity index is 562. The van der Waals surface area contributed by atoms with E-state index in [9.17, 15) is 13.6 Å². The zero-order valence-electron chi connectivity index (χ0n) is 12.6. The van der Waals surface area contributed by atoms with Gasteiger partial charge in [-0.15, -0.1) is 0 Å². The van der Waals surface area contributed by atoms with E-state index in [1.165, 1.54) is 0 Å². The molecule has 22 heavy (non-hydrogen) atoms. The van der Waals surface area contributed by atoms with Crippen LogP contribution in [-0.4, -0.2) is 43.5 Å². The molecular formula is C16H20F2N2O2. The Balaban J connectivity index is 1.76. The predicted molar refractivity (Wildman–Crippen MR) is 77.9 cm³/mol. The minimum atomic E-state index is -2.83. The number of halogens is 2. The van der Waals surface area contributed by atoms with E-state index in [4.69, 9.17) is 4.74 Å². The van der Waals surface area contributed by atoms with Crippen molar-refractivity contribution >= 4 is 5.91 Å². The van der Waals surface area contributed by atoms with E-state index < -0.39 is 11.3 Å². The van der Waals surface area contributed by atoms with Crippen LogP contribution in [0.5, 0.6) is 5.75 Å². The van der Waals surface area contributed by atoms with Gasteiger partial charge in [-0.25, -0.2) is 8.78 Å². The first kappa shape index (κ1) is 15.2. The summed E-state index contributed by atoms with van der Waals surface area (Å²) in [5.41, 5.74) is 0.000799. The maximum absolute atomic E-state index is 14.1. The van der Waals surface area contributed by atoms with Gasteiger partial charge in [0.2, 0.25) is 5.91 Å². The zero-order valence-corrected chi connectivity index (χ0v) is 12.6. The normalized spacial score (nSPS) is 27.9. The highest BCUT2D eigenvalue weighted by atomic mass is 19.3. The number of nitrogens with zero attached hydrogens (tertiary/aromatic N) is 1. The molecule has 0 unspecified atom stereocenters. The summed E-state index contributed by atoms with van der Waals surface area (Å²) in [6.07, 6.45) is 0.144. The maximum atomic E-state index is 14.1. The number of benzene rings is 1. The Labute approximate surface area is 128 Å². The molecule has 2 aliphatic rings. The number of rotatable bonds is 3. The number of hydrogen-bond donors (Lipinski definition) is 1. The predicted octanol–water partition coefficient (Wildman–Crippen LogP) is 2.04. The number of hydrogen-bond acceptors (Lipinski definition) is 3. The third-order valence-corrected chi connectivity index (χ3v) is 4.51. The smallest absolute Gasteiger partial charge is 0.261 e. The van der Waals surface area contributed by atoms with Crippen molar-refractivity contribution in [2.24, 2.45) is 5.41 Å². The zero-order chi connectivity index (χ0) is 15.8. The van der Waals surface area contributed by atoms with Gasteiger partial charge in [-0.3, -0.25) is 9.69 Å². The summed E-state index contributed by atoms with van der Waals surface area (Å²) in [4.78, 5) is 13.7. The Kier molecular flexibility index (Phi) is 3.80. The van der Waals surface area contributed by atoms with Gasteiger partial charge in [0, 0.05) is 26.1 Å². The van der Waals surface area contributed by atoms with Crippen molar-refractivity contribution in [2.75, 3.05) is 26.7 Å². The van der Waals surface area contributed by atoms with Crippen LogP contribution < -0.4 is 10.1 Å². The van der Waals surface area contributed by atoms with E-state index in [-0.39, 0.29) is 18.9 Å². The molecule has 0 saturated carbocycles. The van der Waals surface area contributed by atoms with Crippen LogP contribution >= 0.6 is 0 Å². The van der Waals surface area contributed by atoms with Gasteiger partial charge in [0.1, 0.15) is 5.75 Å². The van der Waals surface area contributed by atoms with E-state index in [0.717, 1.165) is 11.3 Å². The molecule has 1 aromatic carbocycles. The lowest BCUT2D eigenvalue weighted by molar-refractivity contribution is -0.149.